The fraction of sp³-hybridized carbons (Fsp3) is 0.667. The highest BCUT2D eigenvalue weighted by Gasteiger charge is 2.23. The second-order valence-corrected chi connectivity index (χ2v) is 7.22. The molecule has 1 rings (SSSR count). The molecule has 0 bridgehead atoms. The topological polar surface area (TPSA) is 12.0 Å². The van der Waals surface area contributed by atoms with Gasteiger partial charge in [0.2, 0.25) is 0 Å². The maximum Gasteiger partial charge on any atom is 0.0887 e. The van der Waals surface area contributed by atoms with E-state index in [1.165, 1.54) is 4.88 Å². The van der Waals surface area contributed by atoms with Crippen LogP contribution in [0.15, 0.2) is 9.85 Å². The van der Waals surface area contributed by atoms with E-state index in [4.69, 9.17) is 11.6 Å². The normalized spacial score (nSPS) is 15.4. The molecule has 1 N–H and O–H groups in total. The van der Waals surface area contributed by atoms with E-state index >= 15 is 0 Å². The lowest BCUT2D eigenvalue weighted by atomic mass is 9.89. The van der Waals surface area contributed by atoms with Crippen LogP contribution in [-0.4, -0.2) is 6.54 Å². The van der Waals surface area contributed by atoms with Gasteiger partial charge in [-0.3, -0.25) is 0 Å². The van der Waals surface area contributed by atoms with E-state index in [0.717, 1.165) is 15.4 Å². The molecule has 16 heavy (non-hydrogen) atoms. The molecule has 0 aliphatic rings. The number of thiophene rings is 1. The largest absolute Gasteiger partial charge is 0.309 e. The molecule has 4 heteroatoms. The number of hydrogen-bond donors (Lipinski definition) is 1. The number of nitrogens with one attached hydrogen (secondary N) is 1. The van der Waals surface area contributed by atoms with Crippen LogP contribution in [0.2, 0.25) is 5.02 Å². The Morgan fingerprint density at radius 1 is 1.44 bits per heavy atom. The Balaban J connectivity index is 2.92. The molecule has 0 fully saturated rings. The average molecular weight is 325 g/mol. The quantitative estimate of drug-likeness (QED) is 0.794. The summed E-state index contributed by atoms with van der Waals surface area (Å²) in [4.78, 5) is 1.32. The van der Waals surface area contributed by atoms with E-state index in [9.17, 15) is 0 Å². The van der Waals surface area contributed by atoms with Crippen molar-refractivity contribution in [1.29, 1.82) is 0 Å². The predicted molar refractivity (Wildman–Crippen MR) is 77.4 cm³/mol. The highest BCUT2D eigenvalue weighted by atomic mass is 79.9. The van der Waals surface area contributed by atoms with Crippen molar-refractivity contribution >= 4 is 38.9 Å². The molecule has 0 aliphatic heterocycles. The zero-order valence-corrected chi connectivity index (χ0v) is 13.3. The van der Waals surface area contributed by atoms with E-state index < -0.39 is 0 Å². The van der Waals surface area contributed by atoms with Gasteiger partial charge in [-0.1, -0.05) is 39.3 Å². The summed E-state index contributed by atoms with van der Waals surface area (Å²) >= 11 is 11.3. The molecule has 92 valence electrons. The highest BCUT2D eigenvalue weighted by molar-refractivity contribution is 9.11. The molecule has 1 aromatic heterocycles. The second-order valence-electron chi connectivity index (χ2n) is 4.41. The number of hydrogen-bond acceptors (Lipinski definition) is 2. The summed E-state index contributed by atoms with van der Waals surface area (Å²) in [6.45, 7) is 9.94. The van der Waals surface area contributed by atoms with Gasteiger partial charge < -0.3 is 5.32 Å². The van der Waals surface area contributed by atoms with Gasteiger partial charge in [0, 0.05) is 10.9 Å². The van der Waals surface area contributed by atoms with Crippen LogP contribution in [0.4, 0.5) is 0 Å². The summed E-state index contributed by atoms with van der Waals surface area (Å²) in [7, 11) is 0. The third-order valence-corrected chi connectivity index (χ3v) is 5.53. The monoisotopic (exact) mass is 323 g/mol. The van der Waals surface area contributed by atoms with Gasteiger partial charge in [0.1, 0.15) is 0 Å². The smallest absolute Gasteiger partial charge is 0.0887 e. The lowest BCUT2D eigenvalue weighted by Crippen LogP contribution is -2.28. The van der Waals surface area contributed by atoms with Crippen molar-refractivity contribution in [3.05, 3.63) is 19.8 Å². The molecule has 0 spiro atoms. The first-order valence-corrected chi connectivity index (χ1v) is 7.64. The zero-order chi connectivity index (χ0) is 12.3. The van der Waals surface area contributed by atoms with Gasteiger partial charge in [-0.25, -0.2) is 0 Å². The van der Waals surface area contributed by atoms with Crippen LogP contribution in [0.5, 0.6) is 0 Å². The van der Waals surface area contributed by atoms with Crippen LogP contribution in [0, 0.1) is 11.8 Å². The van der Waals surface area contributed by atoms with Crippen molar-refractivity contribution in [2.24, 2.45) is 11.8 Å². The minimum absolute atomic E-state index is 0.402. The Hall–Kier alpha value is 0.430. The first-order chi connectivity index (χ1) is 7.47. The average Bonchev–Trinajstić information content (AvgIpc) is 2.54. The maximum absolute atomic E-state index is 6.09. The lowest BCUT2D eigenvalue weighted by Gasteiger charge is -2.26. The Morgan fingerprint density at radius 2 is 2.06 bits per heavy atom. The second kappa shape index (κ2) is 6.39. The number of halogens is 2. The van der Waals surface area contributed by atoms with Crippen LogP contribution in [0.1, 0.15) is 38.6 Å². The molecule has 0 aliphatic carbocycles. The molecule has 0 amide bonds. The van der Waals surface area contributed by atoms with E-state index in [1.54, 1.807) is 11.3 Å². The number of rotatable bonds is 5. The van der Waals surface area contributed by atoms with Crippen LogP contribution < -0.4 is 5.32 Å². The molecule has 1 nitrogen and oxygen atoms in total. The summed E-state index contributed by atoms with van der Waals surface area (Å²) in [6.07, 6.45) is 0. The Bertz CT molecular complexity index is 318. The van der Waals surface area contributed by atoms with Gasteiger partial charge >= 0.3 is 0 Å². The summed E-state index contributed by atoms with van der Waals surface area (Å²) in [5, 5.41) is 4.37. The molecule has 0 radical (unpaired) electrons. The van der Waals surface area contributed by atoms with Crippen molar-refractivity contribution in [2.45, 2.75) is 33.7 Å². The third-order valence-electron chi connectivity index (χ3n) is 2.97. The van der Waals surface area contributed by atoms with Gasteiger partial charge in [0.25, 0.3) is 0 Å². The van der Waals surface area contributed by atoms with Crippen LogP contribution in [0.25, 0.3) is 0 Å². The van der Waals surface area contributed by atoms with Gasteiger partial charge in [0.05, 0.1) is 8.81 Å². The molecule has 1 heterocycles. The molecule has 2 atom stereocenters. The molecular weight excluding hydrogens is 306 g/mol. The van der Waals surface area contributed by atoms with Crippen LogP contribution in [-0.2, 0) is 0 Å². The first kappa shape index (κ1) is 14.5. The van der Waals surface area contributed by atoms with Crippen LogP contribution in [0.3, 0.4) is 0 Å². The van der Waals surface area contributed by atoms with Crippen molar-refractivity contribution in [3.63, 3.8) is 0 Å². The molecule has 0 saturated carbocycles. The minimum atomic E-state index is 0.402. The summed E-state index contributed by atoms with van der Waals surface area (Å²) in [5.41, 5.74) is 0. The predicted octanol–water partition coefficient (Wildman–Crippen LogP) is 5.11. The van der Waals surface area contributed by atoms with E-state index in [-0.39, 0.29) is 0 Å². The first-order valence-electron chi connectivity index (χ1n) is 5.65. The van der Waals surface area contributed by atoms with Crippen molar-refractivity contribution in [2.75, 3.05) is 6.54 Å². The fourth-order valence-corrected chi connectivity index (χ4v) is 3.61. The third kappa shape index (κ3) is 3.46. The van der Waals surface area contributed by atoms with E-state index in [2.05, 4.69) is 55.0 Å². The maximum atomic E-state index is 6.09. The zero-order valence-electron chi connectivity index (χ0n) is 10.2. The Kier molecular flexibility index (Phi) is 5.78. The summed E-state index contributed by atoms with van der Waals surface area (Å²) in [6, 6.07) is 2.47. The summed E-state index contributed by atoms with van der Waals surface area (Å²) < 4.78 is 1.03. The Morgan fingerprint density at radius 3 is 2.44 bits per heavy atom. The minimum Gasteiger partial charge on any atom is -0.309 e. The van der Waals surface area contributed by atoms with E-state index in [1.807, 2.05) is 0 Å². The molecule has 1 aromatic rings. The van der Waals surface area contributed by atoms with Crippen LogP contribution >= 0.6 is 38.9 Å². The molecule has 0 saturated heterocycles. The van der Waals surface area contributed by atoms with Gasteiger partial charge in [-0.2, -0.15) is 0 Å². The molecular formula is C12H19BrClNS. The lowest BCUT2D eigenvalue weighted by molar-refractivity contribution is 0.311. The Labute approximate surface area is 116 Å². The van der Waals surface area contributed by atoms with Gasteiger partial charge in [-0.15, -0.1) is 11.3 Å². The van der Waals surface area contributed by atoms with Gasteiger partial charge in [0.15, 0.2) is 0 Å². The van der Waals surface area contributed by atoms with Crippen molar-refractivity contribution < 1.29 is 0 Å². The molecule has 0 aromatic carbocycles. The van der Waals surface area contributed by atoms with E-state index in [0.29, 0.717) is 17.9 Å². The fourth-order valence-electron chi connectivity index (χ4n) is 1.67. The molecule has 2 unspecified atom stereocenters. The summed E-state index contributed by atoms with van der Waals surface area (Å²) in [5.74, 6) is 1.25. The van der Waals surface area contributed by atoms with Crippen molar-refractivity contribution in [1.82, 2.24) is 5.32 Å². The van der Waals surface area contributed by atoms with Crippen molar-refractivity contribution in [3.8, 4) is 0 Å². The highest BCUT2D eigenvalue weighted by Crippen LogP contribution is 2.38. The standard InChI is InChI=1S/C12H19BrClNS/c1-5-15-11(8(4)7(2)3)10-6-9(14)12(13)16-10/h6-8,11,15H,5H2,1-4H3. The van der Waals surface area contributed by atoms with Gasteiger partial charge in [-0.05, 0) is 40.4 Å². The SMILES string of the molecule is CCNC(c1cc(Cl)c(Br)s1)C(C)C(C)C.